The van der Waals surface area contributed by atoms with Crippen LogP contribution in [0.25, 0.3) is 0 Å². The maximum atomic E-state index is 3.74. The van der Waals surface area contributed by atoms with E-state index < -0.39 is 0 Å². The lowest BCUT2D eigenvalue weighted by Gasteiger charge is -2.48. The van der Waals surface area contributed by atoms with Gasteiger partial charge in [-0.3, -0.25) is 4.90 Å². The van der Waals surface area contributed by atoms with Crippen molar-refractivity contribution in [2.45, 2.75) is 97.2 Å². The highest BCUT2D eigenvalue weighted by molar-refractivity contribution is 4.94. The summed E-state index contributed by atoms with van der Waals surface area (Å²) in [6.07, 6.45) is 10.1. The van der Waals surface area contributed by atoms with E-state index in [2.05, 4.69) is 44.8 Å². The maximum Gasteiger partial charge on any atom is 0.0139 e. The molecule has 0 aromatic heterocycles. The molecule has 2 nitrogen and oxygen atoms in total. The number of nitrogens with one attached hydrogen (secondary N) is 1. The van der Waals surface area contributed by atoms with Crippen molar-refractivity contribution in [3.63, 3.8) is 0 Å². The van der Waals surface area contributed by atoms with Crippen molar-refractivity contribution in [1.82, 2.24) is 10.2 Å². The minimum atomic E-state index is 0.260. The second kappa shape index (κ2) is 7.46. The molecule has 1 N–H and O–H groups in total. The number of hydrogen-bond acceptors (Lipinski definition) is 2. The minimum Gasteiger partial charge on any atom is -0.312 e. The average Bonchev–Trinajstić information content (AvgIpc) is 2.84. The van der Waals surface area contributed by atoms with Crippen LogP contribution in [0.5, 0.6) is 0 Å². The van der Waals surface area contributed by atoms with Crippen molar-refractivity contribution < 1.29 is 0 Å². The molecule has 0 heterocycles. The molecule has 0 saturated heterocycles. The summed E-state index contributed by atoms with van der Waals surface area (Å²) in [6, 6.07) is 1.76. The first-order valence-corrected chi connectivity index (χ1v) is 9.37. The minimum absolute atomic E-state index is 0.260. The van der Waals surface area contributed by atoms with Gasteiger partial charge in [-0.05, 0) is 77.8 Å². The van der Waals surface area contributed by atoms with E-state index >= 15 is 0 Å². The maximum absolute atomic E-state index is 3.74. The molecule has 2 atom stereocenters. The van der Waals surface area contributed by atoms with Crippen LogP contribution < -0.4 is 5.32 Å². The standard InChI is InChI=1S/C19H38N2/c1-15(2)12-13-21(17-8-6-7-9-17)18-11-10-16(18)14-20-19(3,4)5/h15-18,20H,6-14H2,1-5H3. The van der Waals surface area contributed by atoms with Gasteiger partial charge in [-0.15, -0.1) is 0 Å². The van der Waals surface area contributed by atoms with Crippen LogP contribution in [0.15, 0.2) is 0 Å². The highest BCUT2D eigenvalue weighted by Crippen LogP contribution is 2.37. The Bertz CT molecular complexity index is 299. The zero-order valence-corrected chi connectivity index (χ0v) is 15.1. The summed E-state index contributed by atoms with van der Waals surface area (Å²) in [5, 5.41) is 3.74. The van der Waals surface area contributed by atoms with Crippen molar-refractivity contribution in [1.29, 1.82) is 0 Å². The normalized spacial score (nSPS) is 27.6. The largest absolute Gasteiger partial charge is 0.312 e. The summed E-state index contributed by atoms with van der Waals surface area (Å²) >= 11 is 0. The predicted octanol–water partition coefficient (Wildman–Crippen LogP) is 4.44. The fourth-order valence-electron chi connectivity index (χ4n) is 3.93. The Morgan fingerprint density at radius 3 is 2.19 bits per heavy atom. The first kappa shape index (κ1) is 17.3. The Hall–Kier alpha value is -0.0800. The smallest absolute Gasteiger partial charge is 0.0139 e. The molecular weight excluding hydrogens is 256 g/mol. The number of nitrogens with zero attached hydrogens (tertiary/aromatic N) is 1. The third kappa shape index (κ3) is 5.25. The lowest BCUT2D eigenvalue weighted by atomic mass is 9.77. The summed E-state index contributed by atoms with van der Waals surface area (Å²) in [6.45, 7) is 14.1. The van der Waals surface area contributed by atoms with Gasteiger partial charge < -0.3 is 5.32 Å². The highest BCUT2D eigenvalue weighted by Gasteiger charge is 2.39. The van der Waals surface area contributed by atoms with E-state index in [1.165, 1.54) is 58.0 Å². The molecule has 21 heavy (non-hydrogen) atoms. The molecule has 2 aliphatic rings. The van der Waals surface area contributed by atoms with E-state index in [9.17, 15) is 0 Å². The van der Waals surface area contributed by atoms with Gasteiger partial charge in [0.1, 0.15) is 0 Å². The van der Waals surface area contributed by atoms with Gasteiger partial charge in [-0.1, -0.05) is 26.7 Å². The molecule has 2 saturated carbocycles. The van der Waals surface area contributed by atoms with Crippen molar-refractivity contribution in [3.8, 4) is 0 Å². The monoisotopic (exact) mass is 294 g/mol. The highest BCUT2D eigenvalue weighted by atomic mass is 15.2. The third-order valence-electron chi connectivity index (χ3n) is 5.46. The zero-order chi connectivity index (χ0) is 15.5. The Morgan fingerprint density at radius 2 is 1.71 bits per heavy atom. The molecule has 2 aliphatic carbocycles. The predicted molar refractivity (Wildman–Crippen MR) is 92.7 cm³/mol. The summed E-state index contributed by atoms with van der Waals surface area (Å²) in [5.74, 6) is 1.72. The Morgan fingerprint density at radius 1 is 1.05 bits per heavy atom. The lowest BCUT2D eigenvalue weighted by molar-refractivity contribution is 0.0229. The van der Waals surface area contributed by atoms with E-state index in [1.807, 2.05) is 0 Å². The van der Waals surface area contributed by atoms with Crippen LogP contribution in [0.2, 0.25) is 0 Å². The molecule has 0 aromatic carbocycles. The second-order valence-electron chi connectivity index (χ2n) is 8.89. The van der Waals surface area contributed by atoms with Gasteiger partial charge in [0.25, 0.3) is 0 Å². The van der Waals surface area contributed by atoms with Gasteiger partial charge in [0.05, 0.1) is 0 Å². The summed E-state index contributed by atoms with van der Waals surface area (Å²) in [5.41, 5.74) is 0.260. The third-order valence-corrected chi connectivity index (χ3v) is 5.46. The van der Waals surface area contributed by atoms with E-state index in [4.69, 9.17) is 0 Å². The zero-order valence-electron chi connectivity index (χ0n) is 15.1. The molecule has 0 radical (unpaired) electrons. The average molecular weight is 295 g/mol. The molecule has 0 aliphatic heterocycles. The molecule has 0 spiro atoms. The van der Waals surface area contributed by atoms with E-state index in [0.29, 0.717) is 0 Å². The van der Waals surface area contributed by atoms with Crippen LogP contribution in [-0.4, -0.2) is 35.6 Å². The van der Waals surface area contributed by atoms with Crippen LogP contribution >= 0.6 is 0 Å². The van der Waals surface area contributed by atoms with Gasteiger partial charge in [-0.25, -0.2) is 0 Å². The van der Waals surface area contributed by atoms with Crippen LogP contribution in [-0.2, 0) is 0 Å². The molecule has 2 rings (SSSR count). The van der Waals surface area contributed by atoms with Crippen LogP contribution in [0, 0.1) is 11.8 Å². The topological polar surface area (TPSA) is 15.3 Å². The van der Waals surface area contributed by atoms with E-state index in [-0.39, 0.29) is 5.54 Å². The molecular formula is C19H38N2. The van der Waals surface area contributed by atoms with Crippen molar-refractivity contribution in [2.75, 3.05) is 13.1 Å². The lowest BCUT2D eigenvalue weighted by Crippen LogP contribution is -2.55. The van der Waals surface area contributed by atoms with Crippen molar-refractivity contribution in [2.24, 2.45) is 11.8 Å². The Kier molecular flexibility index (Phi) is 6.14. The number of hydrogen-bond donors (Lipinski definition) is 1. The molecule has 0 amide bonds. The van der Waals surface area contributed by atoms with Crippen LogP contribution in [0.3, 0.4) is 0 Å². The van der Waals surface area contributed by atoms with Crippen molar-refractivity contribution >= 4 is 0 Å². The van der Waals surface area contributed by atoms with E-state index in [1.54, 1.807) is 0 Å². The Labute approximate surface area is 133 Å². The first-order valence-electron chi connectivity index (χ1n) is 9.37. The van der Waals surface area contributed by atoms with Gasteiger partial charge >= 0.3 is 0 Å². The molecule has 2 fully saturated rings. The summed E-state index contributed by atoms with van der Waals surface area (Å²) < 4.78 is 0. The molecule has 2 unspecified atom stereocenters. The van der Waals surface area contributed by atoms with Crippen molar-refractivity contribution in [3.05, 3.63) is 0 Å². The fraction of sp³-hybridized carbons (Fsp3) is 1.00. The molecule has 0 bridgehead atoms. The van der Waals surface area contributed by atoms with Gasteiger partial charge in [-0.2, -0.15) is 0 Å². The molecule has 0 aromatic rings. The Balaban J connectivity index is 1.89. The fourth-order valence-corrected chi connectivity index (χ4v) is 3.93. The quantitative estimate of drug-likeness (QED) is 0.746. The van der Waals surface area contributed by atoms with E-state index in [0.717, 1.165) is 23.9 Å². The molecule has 124 valence electrons. The summed E-state index contributed by atoms with van der Waals surface area (Å²) in [7, 11) is 0. The number of rotatable bonds is 7. The first-order chi connectivity index (χ1) is 9.87. The summed E-state index contributed by atoms with van der Waals surface area (Å²) in [4.78, 5) is 2.92. The molecule has 2 heteroatoms. The van der Waals surface area contributed by atoms with Crippen LogP contribution in [0.1, 0.15) is 79.6 Å². The second-order valence-corrected chi connectivity index (χ2v) is 8.89. The SMILES string of the molecule is CC(C)CCN(C1CCCC1)C1CCC1CNC(C)(C)C. The van der Waals surface area contributed by atoms with Gasteiger partial charge in [0.15, 0.2) is 0 Å². The van der Waals surface area contributed by atoms with Crippen LogP contribution in [0.4, 0.5) is 0 Å². The van der Waals surface area contributed by atoms with Gasteiger partial charge in [0, 0.05) is 17.6 Å². The van der Waals surface area contributed by atoms with Gasteiger partial charge in [0.2, 0.25) is 0 Å².